The van der Waals surface area contributed by atoms with Crippen molar-refractivity contribution in [2.24, 2.45) is 0 Å². The third kappa shape index (κ3) is 4.31. The zero-order valence-electron chi connectivity index (χ0n) is 9.99. The fraction of sp³-hybridized carbons (Fsp3) is 0.667. The van der Waals surface area contributed by atoms with Crippen molar-refractivity contribution in [3.05, 3.63) is 16.1 Å². The van der Waals surface area contributed by atoms with E-state index in [0.29, 0.717) is 11.6 Å². The van der Waals surface area contributed by atoms with Crippen LogP contribution in [0.5, 0.6) is 0 Å². The molecule has 90 valence electrons. The number of aryl methyl sites for hydroxylation is 1. The van der Waals surface area contributed by atoms with Crippen molar-refractivity contribution < 1.29 is 9.53 Å². The number of thiazole rings is 1. The van der Waals surface area contributed by atoms with Crippen molar-refractivity contribution in [1.82, 2.24) is 4.98 Å². The van der Waals surface area contributed by atoms with E-state index in [1.165, 1.54) is 30.6 Å². The van der Waals surface area contributed by atoms with Crippen LogP contribution >= 0.6 is 11.3 Å². The molecule has 1 aromatic rings. The Kier molecular flexibility index (Phi) is 6.08. The second-order valence-electron chi connectivity index (χ2n) is 3.68. The molecule has 3 nitrogen and oxygen atoms in total. The van der Waals surface area contributed by atoms with Gasteiger partial charge in [-0.25, -0.2) is 9.78 Å². The van der Waals surface area contributed by atoms with Crippen LogP contribution in [-0.2, 0) is 11.2 Å². The molecule has 0 saturated heterocycles. The molecule has 16 heavy (non-hydrogen) atoms. The highest BCUT2D eigenvalue weighted by molar-refractivity contribution is 7.11. The third-order valence-corrected chi connectivity index (χ3v) is 3.16. The van der Waals surface area contributed by atoms with Gasteiger partial charge < -0.3 is 4.74 Å². The number of rotatable bonds is 7. The average molecular weight is 241 g/mol. The molecule has 0 aliphatic heterocycles. The Morgan fingerprint density at radius 3 is 2.88 bits per heavy atom. The number of unbranched alkanes of at least 4 members (excludes halogenated alkanes) is 3. The number of nitrogens with zero attached hydrogens (tertiary/aromatic N) is 1. The second kappa shape index (κ2) is 7.39. The lowest BCUT2D eigenvalue weighted by Crippen LogP contribution is -2.04. The molecule has 0 spiro atoms. The SMILES string of the molecule is CCCCCCc1csc(C(=O)OCC)n1. The summed E-state index contributed by atoms with van der Waals surface area (Å²) in [6.07, 6.45) is 5.87. The Balaban J connectivity index is 2.36. The van der Waals surface area contributed by atoms with E-state index < -0.39 is 0 Å². The molecule has 0 radical (unpaired) electrons. The number of ether oxygens (including phenoxy) is 1. The molecule has 4 heteroatoms. The average Bonchev–Trinajstić information content (AvgIpc) is 2.73. The Labute approximate surface area is 101 Å². The van der Waals surface area contributed by atoms with Gasteiger partial charge in [0.1, 0.15) is 0 Å². The number of carbonyl (C=O) groups excluding carboxylic acids is 1. The van der Waals surface area contributed by atoms with Gasteiger partial charge in [-0.1, -0.05) is 26.2 Å². The standard InChI is InChI=1S/C12H19NO2S/c1-3-5-6-7-8-10-9-16-11(13-10)12(14)15-4-2/h9H,3-8H2,1-2H3. The maximum absolute atomic E-state index is 11.4. The molecule has 0 unspecified atom stereocenters. The molecule has 0 saturated carbocycles. The van der Waals surface area contributed by atoms with E-state index in [9.17, 15) is 4.79 Å². The molecule has 0 amide bonds. The van der Waals surface area contributed by atoms with E-state index >= 15 is 0 Å². The summed E-state index contributed by atoms with van der Waals surface area (Å²) in [6.45, 7) is 4.41. The van der Waals surface area contributed by atoms with Crippen molar-refractivity contribution in [3.8, 4) is 0 Å². The Morgan fingerprint density at radius 2 is 2.19 bits per heavy atom. The molecular formula is C12H19NO2S. The van der Waals surface area contributed by atoms with Gasteiger partial charge in [0, 0.05) is 5.38 Å². The molecule has 0 aromatic carbocycles. The van der Waals surface area contributed by atoms with Gasteiger partial charge in [0.15, 0.2) is 0 Å². The highest BCUT2D eigenvalue weighted by Crippen LogP contribution is 2.14. The van der Waals surface area contributed by atoms with Crippen LogP contribution in [0, 0.1) is 0 Å². The van der Waals surface area contributed by atoms with E-state index in [4.69, 9.17) is 4.74 Å². The number of esters is 1. The predicted octanol–water partition coefficient (Wildman–Crippen LogP) is 3.44. The van der Waals surface area contributed by atoms with Gasteiger partial charge in [0.2, 0.25) is 5.01 Å². The Morgan fingerprint density at radius 1 is 1.38 bits per heavy atom. The van der Waals surface area contributed by atoms with Crippen LogP contribution in [0.1, 0.15) is 55.0 Å². The maximum atomic E-state index is 11.4. The third-order valence-electron chi connectivity index (χ3n) is 2.29. The lowest BCUT2D eigenvalue weighted by atomic mass is 10.1. The highest BCUT2D eigenvalue weighted by Gasteiger charge is 2.11. The van der Waals surface area contributed by atoms with Gasteiger partial charge in [0.25, 0.3) is 0 Å². The Hall–Kier alpha value is -0.900. The van der Waals surface area contributed by atoms with Crippen molar-refractivity contribution in [2.45, 2.75) is 46.0 Å². The summed E-state index contributed by atoms with van der Waals surface area (Å²) in [5, 5.41) is 2.44. The van der Waals surface area contributed by atoms with E-state index in [0.717, 1.165) is 18.5 Å². The summed E-state index contributed by atoms with van der Waals surface area (Å²) in [4.78, 5) is 15.6. The summed E-state index contributed by atoms with van der Waals surface area (Å²) in [5.41, 5.74) is 1.02. The summed E-state index contributed by atoms with van der Waals surface area (Å²) in [6, 6.07) is 0. The molecule has 0 bridgehead atoms. The first-order valence-corrected chi connectivity index (χ1v) is 6.77. The van der Waals surface area contributed by atoms with Gasteiger partial charge >= 0.3 is 5.97 Å². The van der Waals surface area contributed by atoms with Crippen molar-refractivity contribution in [2.75, 3.05) is 6.61 Å². The molecule has 1 aromatic heterocycles. The van der Waals surface area contributed by atoms with E-state index in [2.05, 4.69) is 11.9 Å². The summed E-state index contributed by atoms with van der Waals surface area (Å²) < 4.78 is 4.89. The molecule has 1 heterocycles. The molecule has 1 rings (SSSR count). The first-order valence-electron chi connectivity index (χ1n) is 5.89. The maximum Gasteiger partial charge on any atom is 0.367 e. The van der Waals surface area contributed by atoms with Crippen LogP contribution in [0.4, 0.5) is 0 Å². The van der Waals surface area contributed by atoms with Crippen LogP contribution < -0.4 is 0 Å². The fourth-order valence-electron chi connectivity index (χ4n) is 1.44. The zero-order valence-corrected chi connectivity index (χ0v) is 10.8. The number of hydrogen-bond acceptors (Lipinski definition) is 4. The zero-order chi connectivity index (χ0) is 11.8. The molecule has 0 N–H and O–H groups in total. The van der Waals surface area contributed by atoms with E-state index in [1.807, 2.05) is 5.38 Å². The molecular weight excluding hydrogens is 222 g/mol. The van der Waals surface area contributed by atoms with Gasteiger partial charge in [-0.15, -0.1) is 11.3 Å². The quantitative estimate of drug-likeness (QED) is 0.542. The van der Waals surface area contributed by atoms with Gasteiger partial charge in [-0.2, -0.15) is 0 Å². The molecule has 0 atom stereocenters. The van der Waals surface area contributed by atoms with Crippen LogP contribution in [-0.4, -0.2) is 17.6 Å². The number of aromatic nitrogens is 1. The lowest BCUT2D eigenvalue weighted by molar-refractivity contribution is 0.0525. The van der Waals surface area contributed by atoms with Crippen LogP contribution in [0.2, 0.25) is 0 Å². The van der Waals surface area contributed by atoms with Gasteiger partial charge in [-0.3, -0.25) is 0 Å². The smallest absolute Gasteiger partial charge is 0.367 e. The highest BCUT2D eigenvalue weighted by atomic mass is 32.1. The monoisotopic (exact) mass is 241 g/mol. The first-order chi connectivity index (χ1) is 7.77. The van der Waals surface area contributed by atoms with Crippen molar-refractivity contribution in [1.29, 1.82) is 0 Å². The predicted molar refractivity (Wildman–Crippen MR) is 65.9 cm³/mol. The Bertz CT molecular complexity index is 323. The topological polar surface area (TPSA) is 39.2 Å². The van der Waals surface area contributed by atoms with Crippen LogP contribution in [0.3, 0.4) is 0 Å². The molecule has 0 fully saturated rings. The number of carbonyl (C=O) groups is 1. The normalized spacial score (nSPS) is 10.4. The summed E-state index contributed by atoms with van der Waals surface area (Å²) in [7, 11) is 0. The summed E-state index contributed by atoms with van der Waals surface area (Å²) >= 11 is 1.38. The van der Waals surface area contributed by atoms with Crippen LogP contribution in [0.15, 0.2) is 5.38 Å². The lowest BCUT2D eigenvalue weighted by Gasteiger charge is -1.97. The van der Waals surface area contributed by atoms with E-state index in [-0.39, 0.29) is 5.97 Å². The first kappa shape index (κ1) is 13.2. The van der Waals surface area contributed by atoms with Crippen LogP contribution in [0.25, 0.3) is 0 Å². The van der Waals surface area contributed by atoms with Crippen molar-refractivity contribution >= 4 is 17.3 Å². The minimum Gasteiger partial charge on any atom is -0.461 e. The molecule has 0 aliphatic carbocycles. The second-order valence-corrected chi connectivity index (χ2v) is 4.53. The van der Waals surface area contributed by atoms with E-state index in [1.54, 1.807) is 6.92 Å². The summed E-state index contributed by atoms with van der Waals surface area (Å²) in [5.74, 6) is -0.299. The van der Waals surface area contributed by atoms with Crippen molar-refractivity contribution in [3.63, 3.8) is 0 Å². The minimum atomic E-state index is -0.299. The largest absolute Gasteiger partial charge is 0.461 e. The fourth-order valence-corrected chi connectivity index (χ4v) is 2.18. The van der Waals surface area contributed by atoms with Gasteiger partial charge in [0.05, 0.1) is 12.3 Å². The molecule has 0 aliphatic rings. The minimum absolute atomic E-state index is 0.299. The number of hydrogen-bond donors (Lipinski definition) is 0. The van der Waals surface area contributed by atoms with Gasteiger partial charge in [-0.05, 0) is 19.8 Å².